The standard InChI is InChI=1S/C15H12O2S3.CO2/c1-9-4-6-18-14(9)11-2-3-12(20-11)15-10(5-7-19-15)8-13(16)17;2-1-3/h2-7H,8H2,1H3,(H,16,17);. The van der Waals surface area contributed by atoms with Crippen LogP contribution in [0.3, 0.4) is 0 Å². The summed E-state index contributed by atoms with van der Waals surface area (Å²) in [5.41, 5.74) is 2.19. The number of carboxylic acids is 1. The fourth-order valence-electron chi connectivity index (χ4n) is 2.06. The summed E-state index contributed by atoms with van der Waals surface area (Å²) in [6.07, 6.45) is 0.337. The summed E-state index contributed by atoms with van der Waals surface area (Å²) < 4.78 is 0. The smallest absolute Gasteiger partial charge is 0.373 e. The van der Waals surface area contributed by atoms with E-state index in [9.17, 15) is 4.79 Å². The molecule has 3 aromatic rings. The lowest BCUT2D eigenvalue weighted by molar-refractivity contribution is -0.191. The Labute approximate surface area is 144 Å². The highest BCUT2D eigenvalue weighted by atomic mass is 32.1. The van der Waals surface area contributed by atoms with Crippen LogP contribution in [0.5, 0.6) is 0 Å². The van der Waals surface area contributed by atoms with Crippen molar-refractivity contribution >= 4 is 46.1 Å². The number of aryl methyl sites for hydroxylation is 1. The summed E-state index contributed by atoms with van der Waals surface area (Å²) in [7, 11) is 0. The molecule has 7 heteroatoms. The largest absolute Gasteiger partial charge is 0.481 e. The Balaban J connectivity index is 0.000000595. The van der Waals surface area contributed by atoms with Gasteiger partial charge in [0, 0.05) is 19.5 Å². The molecule has 0 unspecified atom stereocenters. The minimum Gasteiger partial charge on any atom is -0.481 e. The number of rotatable bonds is 4. The minimum atomic E-state index is -0.782. The molecule has 3 heterocycles. The fraction of sp³-hybridized carbons (Fsp3) is 0.125. The van der Waals surface area contributed by atoms with Gasteiger partial charge in [0.25, 0.3) is 0 Å². The van der Waals surface area contributed by atoms with E-state index in [0.29, 0.717) is 0 Å². The van der Waals surface area contributed by atoms with E-state index < -0.39 is 5.97 Å². The number of carbonyl (C=O) groups is 1. The van der Waals surface area contributed by atoms with Gasteiger partial charge in [0.15, 0.2) is 0 Å². The van der Waals surface area contributed by atoms with E-state index in [1.54, 1.807) is 34.0 Å². The maximum absolute atomic E-state index is 10.9. The summed E-state index contributed by atoms with van der Waals surface area (Å²) in [5, 5.41) is 13.0. The van der Waals surface area contributed by atoms with Crippen LogP contribution in [0.1, 0.15) is 11.1 Å². The molecule has 0 saturated heterocycles. The van der Waals surface area contributed by atoms with Crippen LogP contribution in [0, 0.1) is 6.92 Å². The van der Waals surface area contributed by atoms with Gasteiger partial charge in [-0.2, -0.15) is 9.59 Å². The third-order valence-electron chi connectivity index (χ3n) is 3.00. The van der Waals surface area contributed by atoms with Gasteiger partial charge < -0.3 is 5.11 Å². The summed E-state index contributed by atoms with van der Waals surface area (Å²) in [6, 6.07) is 8.25. The van der Waals surface area contributed by atoms with Gasteiger partial charge in [0.2, 0.25) is 0 Å². The molecule has 4 nitrogen and oxygen atoms in total. The average Bonchev–Trinajstić information content (AvgIpc) is 3.18. The Bertz CT molecular complexity index is 835. The molecule has 0 saturated carbocycles. The van der Waals surface area contributed by atoms with Gasteiger partial charge >= 0.3 is 12.1 Å². The number of carbonyl (C=O) groups excluding carboxylic acids is 2. The molecule has 118 valence electrons. The van der Waals surface area contributed by atoms with Crippen LogP contribution in [0.25, 0.3) is 19.5 Å². The third kappa shape index (κ3) is 4.24. The summed E-state index contributed by atoms with van der Waals surface area (Å²) >= 11 is 5.09. The SMILES string of the molecule is Cc1ccsc1-c1ccc(-c2sccc2CC(=O)O)s1.O=C=O. The second kappa shape index (κ2) is 7.99. The van der Waals surface area contributed by atoms with E-state index in [-0.39, 0.29) is 12.6 Å². The summed E-state index contributed by atoms with van der Waals surface area (Å²) in [4.78, 5) is 31.9. The first-order valence-electron chi connectivity index (χ1n) is 6.49. The van der Waals surface area contributed by atoms with Crippen molar-refractivity contribution < 1.29 is 19.5 Å². The molecule has 0 aliphatic heterocycles. The van der Waals surface area contributed by atoms with E-state index in [2.05, 4.69) is 30.5 Å². The van der Waals surface area contributed by atoms with Crippen molar-refractivity contribution in [2.24, 2.45) is 0 Å². The first-order valence-corrected chi connectivity index (χ1v) is 9.06. The highest BCUT2D eigenvalue weighted by Gasteiger charge is 2.14. The maximum atomic E-state index is 10.9. The highest BCUT2D eigenvalue weighted by molar-refractivity contribution is 7.25. The quantitative estimate of drug-likeness (QED) is 0.737. The molecular weight excluding hydrogens is 352 g/mol. The summed E-state index contributed by atoms with van der Waals surface area (Å²) in [5.74, 6) is -0.782. The fourth-order valence-corrected chi connectivity index (χ4v) is 5.28. The number of thiophene rings is 3. The van der Waals surface area contributed by atoms with Gasteiger partial charge in [-0.3, -0.25) is 4.79 Å². The van der Waals surface area contributed by atoms with Crippen LogP contribution in [0.15, 0.2) is 35.0 Å². The minimum absolute atomic E-state index is 0.0874. The van der Waals surface area contributed by atoms with E-state index >= 15 is 0 Å². The van der Waals surface area contributed by atoms with Crippen LogP contribution >= 0.6 is 34.0 Å². The van der Waals surface area contributed by atoms with E-state index in [1.807, 2.05) is 11.4 Å². The second-order valence-electron chi connectivity index (χ2n) is 4.53. The topological polar surface area (TPSA) is 71.4 Å². The number of aliphatic carboxylic acids is 1. The Morgan fingerprint density at radius 3 is 2.17 bits per heavy atom. The van der Waals surface area contributed by atoms with Crippen molar-refractivity contribution in [1.82, 2.24) is 0 Å². The Morgan fingerprint density at radius 2 is 1.61 bits per heavy atom. The normalized spacial score (nSPS) is 9.78. The first kappa shape index (κ1) is 17.3. The van der Waals surface area contributed by atoms with Gasteiger partial charge in [-0.15, -0.1) is 34.0 Å². The van der Waals surface area contributed by atoms with Crippen LogP contribution < -0.4 is 0 Å². The van der Waals surface area contributed by atoms with Crippen molar-refractivity contribution in [1.29, 1.82) is 0 Å². The van der Waals surface area contributed by atoms with E-state index in [4.69, 9.17) is 14.7 Å². The van der Waals surface area contributed by atoms with Gasteiger partial charge in [-0.05, 0) is 53.1 Å². The van der Waals surface area contributed by atoms with Crippen molar-refractivity contribution in [2.75, 3.05) is 0 Å². The molecular formula is C16H12O4S3. The van der Waals surface area contributed by atoms with Crippen LogP contribution in [0.4, 0.5) is 0 Å². The van der Waals surface area contributed by atoms with E-state index in [1.165, 1.54) is 15.3 Å². The first-order chi connectivity index (χ1) is 11.1. The molecule has 1 N–H and O–H groups in total. The molecule has 3 rings (SSSR count). The molecule has 0 fully saturated rings. The molecule has 0 radical (unpaired) electrons. The molecule has 23 heavy (non-hydrogen) atoms. The lowest BCUT2D eigenvalue weighted by atomic mass is 10.2. The van der Waals surface area contributed by atoms with Crippen LogP contribution in [-0.2, 0) is 20.8 Å². The molecule has 0 atom stereocenters. The lowest BCUT2D eigenvalue weighted by Gasteiger charge is -1.98. The Morgan fingerprint density at radius 1 is 1.04 bits per heavy atom. The van der Waals surface area contributed by atoms with Crippen LogP contribution in [-0.4, -0.2) is 17.2 Å². The number of hydrogen-bond donors (Lipinski definition) is 1. The van der Waals surface area contributed by atoms with Crippen molar-refractivity contribution in [2.45, 2.75) is 13.3 Å². The summed E-state index contributed by atoms with van der Waals surface area (Å²) in [6.45, 7) is 2.12. The third-order valence-corrected chi connectivity index (χ3v) is 6.42. The molecule has 3 aromatic heterocycles. The second-order valence-corrected chi connectivity index (χ2v) is 7.44. The molecule has 0 bridgehead atoms. The Hall–Kier alpha value is -2.05. The number of hydrogen-bond acceptors (Lipinski definition) is 6. The predicted octanol–water partition coefficient (Wildman–Crippen LogP) is 4.56. The van der Waals surface area contributed by atoms with Crippen molar-refractivity contribution in [3.63, 3.8) is 0 Å². The molecule has 0 spiro atoms. The monoisotopic (exact) mass is 364 g/mol. The van der Waals surface area contributed by atoms with Gasteiger partial charge in [-0.25, -0.2) is 0 Å². The molecule has 0 aromatic carbocycles. The molecule has 0 aliphatic rings. The zero-order valence-electron chi connectivity index (χ0n) is 12.1. The lowest BCUT2D eigenvalue weighted by Crippen LogP contribution is -1.99. The zero-order valence-corrected chi connectivity index (χ0v) is 14.5. The molecule has 0 aliphatic carbocycles. The van der Waals surface area contributed by atoms with Gasteiger partial charge in [0.05, 0.1) is 6.42 Å². The van der Waals surface area contributed by atoms with E-state index in [0.717, 1.165) is 15.3 Å². The highest BCUT2D eigenvalue weighted by Crippen LogP contribution is 2.41. The van der Waals surface area contributed by atoms with Crippen LogP contribution in [0.2, 0.25) is 0 Å². The van der Waals surface area contributed by atoms with Crippen molar-refractivity contribution in [3.8, 4) is 19.5 Å². The maximum Gasteiger partial charge on any atom is 0.373 e. The predicted molar refractivity (Wildman–Crippen MR) is 92.0 cm³/mol. The zero-order chi connectivity index (χ0) is 16.8. The van der Waals surface area contributed by atoms with Gasteiger partial charge in [0.1, 0.15) is 0 Å². The van der Waals surface area contributed by atoms with Gasteiger partial charge in [-0.1, -0.05) is 0 Å². The van der Waals surface area contributed by atoms with Crippen molar-refractivity contribution in [3.05, 3.63) is 46.2 Å². The average molecular weight is 364 g/mol. The molecule has 0 amide bonds. The Kier molecular flexibility index (Phi) is 6.01. The number of carboxylic acid groups (broad SMARTS) is 1.